The van der Waals surface area contributed by atoms with E-state index in [-0.39, 0.29) is 18.2 Å². The monoisotopic (exact) mass is 568 g/mol. The average molecular weight is 570 g/mol. The Hall–Kier alpha value is -2.10. The van der Waals surface area contributed by atoms with Gasteiger partial charge in [-0.25, -0.2) is 9.97 Å². The molecule has 2 unspecified atom stereocenters. The lowest BCUT2D eigenvalue weighted by Gasteiger charge is -2.16. The minimum Gasteiger partial charge on any atom is -0.387 e. The summed E-state index contributed by atoms with van der Waals surface area (Å²) in [4.78, 5) is 13.7. The van der Waals surface area contributed by atoms with Crippen molar-refractivity contribution in [3.05, 3.63) is 51.4 Å². The number of benzene rings is 1. The van der Waals surface area contributed by atoms with E-state index in [2.05, 4.69) is 24.8 Å². The van der Waals surface area contributed by atoms with Crippen LogP contribution in [0.5, 0.6) is 0 Å². The van der Waals surface area contributed by atoms with Crippen LogP contribution in [0.25, 0.3) is 11.2 Å². The molecule has 0 bridgehead atoms. The summed E-state index contributed by atoms with van der Waals surface area (Å²) < 4.78 is 12.8. The molecule has 1 aliphatic rings. The molecule has 0 amide bonds. The summed E-state index contributed by atoms with van der Waals surface area (Å²) in [6.45, 7) is 7.34. The molecule has 8 nitrogen and oxygen atoms in total. The highest BCUT2D eigenvalue weighted by Gasteiger charge is 2.30. The SMILES string of the molecule is CC.CCOC(CN=C(N)[C@@H]1CCC(n2cnc3c(NCc4cc(Cl)ccc4Cl)cc(Cl)nc32)C1)OC. The second-order valence-electron chi connectivity index (χ2n) is 8.46. The number of amidine groups is 1. The van der Waals surface area contributed by atoms with Gasteiger partial charge in [0.1, 0.15) is 10.7 Å². The van der Waals surface area contributed by atoms with Gasteiger partial charge < -0.3 is 25.1 Å². The van der Waals surface area contributed by atoms with E-state index in [0.29, 0.717) is 40.7 Å². The van der Waals surface area contributed by atoms with E-state index in [9.17, 15) is 0 Å². The predicted molar refractivity (Wildman–Crippen MR) is 153 cm³/mol. The Morgan fingerprint density at radius 3 is 2.76 bits per heavy atom. The number of rotatable bonds is 10. The van der Waals surface area contributed by atoms with Gasteiger partial charge in [-0.3, -0.25) is 4.99 Å². The highest BCUT2D eigenvalue weighted by Crippen LogP contribution is 2.37. The maximum atomic E-state index is 6.38. The highest BCUT2D eigenvalue weighted by molar-refractivity contribution is 6.33. The molecule has 4 rings (SSSR count). The third-order valence-corrected chi connectivity index (χ3v) is 7.03. The zero-order valence-corrected chi connectivity index (χ0v) is 23.9. The van der Waals surface area contributed by atoms with Gasteiger partial charge >= 0.3 is 0 Å². The Balaban J connectivity index is 0.00000186. The van der Waals surface area contributed by atoms with Crippen LogP contribution in [0.15, 0.2) is 35.6 Å². The molecule has 202 valence electrons. The molecular weight excluding hydrogens is 535 g/mol. The molecule has 0 aliphatic heterocycles. The number of halogens is 3. The summed E-state index contributed by atoms with van der Waals surface area (Å²) in [6.07, 6.45) is 4.17. The first-order valence-electron chi connectivity index (χ1n) is 12.5. The molecule has 1 fully saturated rings. The molecule has 1 aromatic carbocycles. The third kappa shape index (κ3) is 7.48. The number of pyridine rings is 1. The summed E-state index contributed by atoms with van der Waals surface area (Å²) in [5.74, 6) is 0.809. The molecule has 11 heteroatoms. The predicted octanol–water partition coefficient (Wildman–Crippen LogP) is 6.74. The Bertz CT molecular complexity index is 1200. The molecule has 1 aliphatic carbocycles. The largest absolute Gasteiger partial charge is 0.387 e. The molecule has 3 N–H and O–H groups in total. The number of aromatic nitrogens is 3. The minimum absolute atomic E-state index is 0.179. The molecule has 3 atom stereocenters. The molecule has 2 heterocycles. The van der Waals surface area contributed by atoms with Gasteiger partial charge in [0.05, 0.1) is 24.4 Å². The summed E-state index contributed by atoms with van der Waals surface area (Å²) in [5.41, 5.74) is 9.46. The first kappa shape index (κ1) is 29.5. The van der Waals surface area contributed by atoms with Gasteiger partial charge in [0.2, 0.25) is 0 Å². The number of imidazole rings is 1. The molecule has 0 saturated heterocycles. The van der Waals surface area contributed by atoms with E-state index in [1.165, 1.54) is 0 Å². The first-order chi connectivity index (χ1) is 17.9. The summed E-state index contributed by atoms with van der Waals surface area (Å²) >= 11 is 18.8. The summed E-state index contributed by atoms with van der Waals surface area (Å²) in [6, 6.07) is 7.35. The van der Waals surface area contributed by atoms with Crippen LogP contribution in [0, 0.1) is 5.92 Å². The van der Waals surface area contributed by atoms with Crippen LogP contribution in [-0.2, 0) is 16.0 Å². The Morgan fingerprint density at radius 2 is 2.03 bits per heavy atom. The fourth-order valence-corrected chi connectivity index (χ4v) is 4.98. The van der Waals surface area contributed by atoms with Crippen molar-refractivity contribution in [3.8, 4) is 0 Å². The number of anilines is 1. The van der Waals surface area contributed by atoms with Crippen molar-refractivity contribution in [2.45, 2.75) is 58.9 Å². The van der Waals surface area contributed by atoms with E-state index in [4.69, 9.17) is 50.0 Å². The number of ether oxygens (including phenoxy) is 2. The van der Waals surface area contributed by atoms with Crippen LogP contribution in [0.1, 0.15) is 51.6 Å². The number of hydrogen-bond donors (Lipinski definition) is 2. The van der Waals surface area contributed by atoms with Crippen molar-refractivity contribution in [2.24, 2.45) is 16.6 Å². The molecule has 0 spiro atoms. The quantitative estimate of drug-likeness (QED) is 0.121. The molecule has 2 aromatic heterocycles. The van der Waals surface area contributed by atoms with Crippen LogP contribution in [0.3, 0.4) is 0 Å². The van der Waals surface area contributed by atoms with Gasteiger partial charge in [0, 0.05) is 48.3 Å². The first-order valence-corrected chi connectivity index (χ1v) is 13.7. The van der Waals surface area contributed by atoms with Crippen molar-refractivity contribution in [1.82, 2.24) is 14.5 Å². The Kier molecular flexibility index (Phi) is 11.3. The van der Waals surface area contributed by atoms with E-state index in [1.54, 1.807) is 25.3 Å². The zero-order chi connectivity index (χ0) is 26.9. The van der Waals surface area contributed by atoms with Crippen LogP contribution >= 0.6 is 34.8 Å². The second-order valence-corrected chi connectivity index (χ2v) is 9.69. The van der Waals surface area contributed by atoms with E-state index < -0.39 is 0 Å². The number of methoxy groups -OCH3 is 1. The highest BCUT2D eigenvalue weighted by atomic mass is 35.5. The fraction of sp³-hybridized carbons (Fsp3) is 0.500. The number of hydrogen-bond acceptors (Lipinski definition) is 6. The number of fused-ring (bicyclic) bond motifs is 1. The van der Waals surface area contributed by atoms with E-state index >= 15 is 0 Å². The second kappa shape index (κ2) is 14.2. The number of nitrogens with two attached hydrogens (primary N) is 1. The van der Waals surface area contributed by atoms with Crippen molar-refractivity contribution in [3.63, 3.8) is 0 Å². The number of nitrogens with one attached hydrogen (secondary N) is 1. The summed E-state index contributed by atoms with van der Waals surface area (Å²) in [7, 11) is 1.60. The topological polar surface area (TPSA) is 99.6 Å². The molecule has 3 aromatic rings. The van der Waals surface area contributed by atoms with Gasteiger partial charge in [0.25, 0.3) is 0 Å². The maximum absolute atomic E-state index is 6.38. The molecule has 0 radical (unpaired) electrons. The molecular formula is C26H35Cl3N6O2. The zero-order valence-electron chi connectivity index (χ0n) is 21.7. The van der Waals surface area contributed by atoms with Gasteiger partial charge in [0.15, 0.2) is 11.9 Å². The van der Waals surface area contributed by atoms with Gasteiger partial charge in [-0.2, -0.15) is 0 Å². The van der Waals surface area contributed by atoms with Crippen LogP contribution in [-0.4, -0.2) is 46.9 Å². The maximum Gasteiger partial charge on any atom is 0.176 e. The molecule has 1 saturated carbocycles. The van der Waals surface area contributed by atoms with Crippen molar-refractivity contribution in [2.75, 3.05) is 25.6 Å². The lowest BCUT2D eigenvalue weighted by molar-refractivity contribution is -0.112. The third-order valence-electron chi connectivity index (χ3n) is 6.23. The van der Waals surface area contributed by atoms with E-state index in [1.807, 2.05) is 33.2 Å². The van der Waals surface area contributed by atoms with Gasteiger partial charge in [-0.05, 0) is 49.9 Å². The van der Waals surface area contributed by atoms with E-state index in [0.717, 1.165) is 41.7 Å². The lowest BCUT2D eigenvalue weighted by Crippen LogP contribution is -2.26. The Morgan fingerprint density at radius 1 is 1.24 bits per heavy atom. The van der Waals surface area contributed by atoms with Crippen molar-refractivity contribution >= 4 is 57.5 Å². The molecule has 37 heavy (non-hydrogen) atoms. The fourth-order valence-electron chi connectivity index (χ4n) is 4.42. The van der Waals surface area contributed by atoms with Crippen LogP contribution in [0.4, 0.5) is 5.69 Å². The van der Waals surface area contributed by atoms with Crippen LogP contribution in [0.2, 0.25) is 15.2 Å². The smallest absolute Gasteiger partial charge is 0.176 e. The standard InChI is InChI=1S/C24H29Cl3N6O2.C2H6/c1-3-35-21(34-2)12-30-23(28)14-4-6-17(9-14)33-13-31-22-19(10-20(27)32-24(22)33)29-11-15-8-16(25)5-7-18(15)26;1-2/h5,7-8,10,13-14,17,21H,3-4,6,9,11-12H2,1-2H3,(H2,28,30)(H,29,32);1-2H3/t14-,17?,21?;/m1./s1. The number of nitrogens with zero attached hydrogens (tertiary/aromatic N) is 4. The normalized spacial score (nSPS) is 18.5. The minimum atomic E-state index is -0.382. The lowest BCUT2D eigenvalue weighted by atomic mass is 10.1. The summed E-state index contributed by atoms with van der Waals surface area (Å²) in [5, 5.41) is 5.03. The Labute approximate surface area is 233 Å². The van der Waals surface area contributed by atoms with Gasteiger partial charge in [-0.1, -0.05) is 48.7 Å². The van der Waals surface area contributed by atoms with Crippen molar-refractivity contribution < 1.29 is 9.47 Å². The van der Waals surface area contributed by atoms with Gasteiger partial charge in [-0.15, -0.1) is 0 Å². The number of aliphatic imine (C=N–C) groups is 1. The van der Waals surface area contributed by atoms with Crippen molar-refractivity contribution in [1.29, 1.82) is 0 Å². The van der Waals surface area contributed by atoms with Crippen LogP contribution < -0.4 is 11.1 Å². The average Bonchev–Trinajstić information content (AvgIpc) is 3.55.